The number of hydrogen-bond acceptors (Lipinski definition) is 4. The topological polar surface area (TPSA) is 64.1 Å². The summed E-state index contributed by atoms with van der Waals surface area (Å²) in [5, 5.41) is 2.75. The van der Waals surface area contributed by atoms with Gasteiger partial charge in [0.15, 0.2) is 0 Å². The Bertz CT molecular complexity index is 360. The molecule has 16 heavy (non-hydrogen) atoms. The number of methoxy groups -OCH3 is 1. The molecule has 0 bridgehead atoms. The number of ether oxygens (including phenoxy) is 1. The Labute approximate surface area is 99.2 Å². The minimum absolute atomic E-state index is 0.0692. The number of nitrogens with one attached hydrogen (secondary N) is 1. The van der Waals surface area contributed by atoms with Gasteiger partial charge in [0.2, 0.25) is 11.2 Å². The zero-order valence-electron chi connectivity index (χ0n) is 9.24. The van der Waals surface area contributed by atoms with Crippen LogP contribution in [-0.4, -0.2) is 29.1 Å². The van der Waals surface area contributed by atoms with E-state index in [-0.39, 0.29) is 17.3 Å². The van der Waals surface area contributed by atoms with Crippen molar-refractivity contribution in [1.29, 1.82) is 0 Å². The molecule has 6 heteroatoms. The van der Waals surface area contributed by atoms with Crippen molar-refractivity contribution in [2.45, 2.75) is 25.9 Å². The van der Waals surface area contributed by atoms with E-state index in [1.54, 1.807) is 13.2 Å². The number of rotatable bonds is 5. The summed E-state index contributed by atoms with van der Waals surface area (Å²) in [5.74, 6) is 0.300. The Morgan fingerprint density at radius 1 is 1.69 bits per heavy atom. The molecule has 1 rings (SSSR count). The fraction of sp³-hybridized carbons (Fsp3) is 0.500. The molecule has 0 aliphatic carbocycles. The minimum Gasteiger partial charge on any atom is -0.382 e. The molecular formula is C10H14ClN3O2. The van der Waals surface area contributed by atoms with Gasteiger partial charge in [-0.25, -0.2) is 9.97 Å². The van der Waals surface area contributed by atoms with Gasteiger partial charge in [0.25, 0.3) is 0 Å². The first-order valence-electron chi connectivity index (χ1n) is 4.93. The lowest BCUT2D eigenvalue weighted by Crippen LogP contribution is -2.15. The van der Waals surface area contributed by atoms with Crippen molar-refractivity contribution in [3.05, 3.63) is 17.5 Å². The van der Waals surface area contributed by atoms with E-state index in [9.17, 15) is 4.79 Å². The highest BCUT2D eigenvalue weighted by molar-refractivity contribution is 6.28. The average Bonchev–Trinajstić information content (AvgIpc) is 2.26. The van der Waals surface area contributed by atoms with Gasteiger partial charge in [0.05, 0.1) is 6.10 Å². The number of carbonyl (C=O) groups excluding carboxylic acids is 1. The van der Waals surface area contributed by atoms with E-state index >= 15 is 0 Å². The Balaban J connectivity index is 2.40. The largest absolute Gasteiger partial charge is 0.382 e. The first-order valence-corrected chi connectivity index (χ1v) is 5.31. The zero-order valence-corrected chi connectivity index (χ0v) is 9.99. The smallest absolute Gasteiger partial charge is 0.225 e. The Kier molecular flexibility index (Phi) is 5.14. The van der Waals surface area contributed by atoms with Crippen LogP contribution in [0.1, 0.15) is 19.8 Å². The molecule has 0 spiro atoms. The second-order valence-corrected chi connectivity index (χ2v) is 3.68. The Morgan fingerprint density at radius 3 is 3.06 bits per heavy atom. The predicted molar refractivity (Wildman–Crippen MR) is 61.4 cm³/mol. The zero-order chi connectivity index (χ0) is 12.0. The van der Waals surface area contributed by atoms with Gasteiger partial charge in [-0.2, -0.15) is 0 Å². The molecule has 0 fully saturated rings. The molecule has 1 aromatic rings. The number of carbonyl (C=O) groups is 1. The summed E-state index contributed by atoms with van der Waals surface area (Å²) < 4.78 is 5.04. The molecule has 1 amide bonds. The molecular weight excluding hydrogens is 230 g/mol. The first kappa shape index (κ1) is 12.9. The molecule has 0 aliphatic rings. The van der Waals surface area contributed by atoms with Gasteiger partial charge in [-0.3, -0.25) is 4.79 Å². The van der Waals surface area contributed by atoms with Crippen LogP contribution < -0.4 is 5.32 Å². The normalized spacial score (nSPS) is 12.2. The number of amides is 1. The third-order valence-corrected chi connectivity index (χ3v) is 2.26. The van der Waals surface area contributed by atoms with Crippen LogP contribution in [0, 0.1) is 0 Å². The van der Waals surface area contributed by atoms with Crippen LogP contribution in [0.2, 0.25) is 5.28 Å². The van der Waals surface area contributed by atoms with Crippen molar-refractivity contribution in [3.63, 3.8) is 0 Å². The number of halogens is 1. The van der Waals surface area contributed by atoms with Crippen LogP contribution in [0.3, 0.4) is 0 Å². The van der Waals surface area contributed by atoms with Crippen LogP contribution in [0.5, 0.6) is 0 Å². The standard InChI is InChI=1S/C10H14ClN3O2/c1-7(16-2)3-4-9(15)13-8-5-6-12-10(11)14-8/h5-7H,3-4H2,1-2H3,(H,12,13,14,15). The maximum Gasteiger partial charge on any atom is 0.225 e. The van der Waals surface area contributed by atoms with E-state index in [2.05, 4.69) is 15.3 Å². The quantitative estimate of drug-likeness (QED) is 0.802. The van der Waals surface area contributed by atoms with Crippen LogP contribution in [0.15, 0.2) is 12.3 Å². The van der Waals surface area contributed by atoms with Crippen molar-refractivity contribution in [1.82, 2.24) is 9.97 Å². The summed E-state index contributed by atoms with van der Waals surface area (Å²) in [5.41, 5.74) is 0. The maximum absolute atomic E-state index is 11.5. The molecule has 0 saturated carbocycles. The monoisotopic (exact) mass is 243 g/mol. The van der Waals surface area contributed by atoms with E-state index in [4.69, 9.17) is 16.3 Å². The maximum atomic E-state index is 11.5. The number of aromatic nitrogens is 2. The van der Waals surface area contributed by atoms with Crippen LogP contribution >= 0.6 is 11.6 Å². The fourth-order valence-electron chi connectivity index (χ4n) is 1.06. The summed E-state index contributed by atoms with van der Waals surface area (Å²) in [6.45, 7) is 1.91. The molecule has 1 unspecified atom stereocenters. The third-order valence-electron chi connectivity index (χ3n) is 2.07. The molecule has 0 aromatic carbocycles. The predicted octanol–water partition coefficient (Wildman–Crippen LogP) is 1.88. The SMILES string of the molecule is COC(C)CCC(=O)Nc1ccnc(Cl)n1. The van der Waals surface area contributed by atoms with Gasteiger partial charge >= 0.3 is 0 Å². The van der Waals surface area contributed by atoms with E-state index in [0.29, 0.717) is 18.7 Å². The van der Waals surface area contributed by atoms with Gasteiger partial charge in [-0.1, -0.05) is 0 Å². The summed E-state index contributed by atoms with van der Waals surface area (Å²) in [7, 11) is 1.62. The fourth-order valence-corrected chi connectivity index (χ4v) is 1.21. The van der Waals surface area contributed by atoms with Crippen molar-refractivity contribution in [3.8, 4) is 0 Å². The number of hydrogen-bond donors (Lipinski definition) is 1. The van der Waals surface area contributed by atoms with E-state index in [1.165, 1.54) is 6.20 Å². The van der Waals surface area contributed by atoms with Gasteiger partial charge in [0, 0.05) is 19.7 Å². The second-order valence-electron chi connectivity index (χ2n) is 3.34. The second kappa shape index (κ2) is 6.40. The van der Waals surface area contributed by atoms with Crippen LogP contribution in [0.25, 0.3) is 0 Å². The molecule has 0 radical (unpaired) electrons. The Morgan fingerprint density at radius 2 is 2.44 bits per heavy atom. The molecule has 0 aliphatic heterocycles. The van der Waals surface area contributed by atoms with E-state index < -0.39 is 0 Å². The lowest BCUT2D eigenvalue weighted by molar-refractivity contribution is -0.116. The molecule has 88 valence electrons. The highest BCUT2D eigenvalue weighted by Crippen LogP contribution is 2.07. The molecule has 1 aromatic heterocycles. The number of nitrogens with zero attached hydrogens (tertiary/aromatic N) is 2. The summed E-state index contributed by atoms with van der Waals surface area (Å²) in [6.07, 6.45) is 2.61. The lowest BCUT2D eigenvalue weighted by Gasteiger charge is -2.08. The van der Waals surface area contributed by atoms with E-state index in [1.807, 2.05) is 6.92 Å². The highest BCUT2D eigenvalue weighted by Gasteiger charge is 2.07. The van der Waals surface area contributed by atoms with Gasteiger partial charge in [0.1, 0.15) is 5.82 Å². The van der Waals surface area contributed by atoms with Gasteiger partial charge in [-0.05, 0) is 31.0 Å². The van der Waals surface area contributed by atoms with Crippen LogP contribution in [0.4, 0.5) is 5.82 Å². The summed E-state index contributed by atoms with van der Waals surface area (Å²) in [4.78, 5) is 19.0. The minimum atomic E-state index is -0.112. The molecule has 1 N–H and O–H groups in total. The van der Waals surface area contributed by atoms with Crippen molar-refractivity contribution < 1.29 is 9.53 Å². The van der Waals surface area contributed by atoms with E-state index in [0.717, 1.165) is 0 Å². The summed E-state index contributed by atoms with van der Waals surface area (Å²) in [6, 6.07) is 1.59. The highest BCUT2D eigenvalue weighted by atomic mass is 35.5. The van der Waals surface area contributed by atoms with Crippen LogP contribution in [-0.2, 0) is 9.53 Å². The lowest BCUT2D eigenvalue weighted by atomic mass is 10.2. The first-order chi connectivity index (χ1) is 7.61. The molecule has 1 atom stereocenters. The third kappa shape index (κ3) is 4.55. The van der Waals surface area contributed by atoms with Crippen molar-refractivity contribution in [2.24, 2.45) is 0 Å². The van der Waals surface area contributed by atoms with Gasteiger partial charge < -0.3 is 10.1 Å². The average molecular weight is 244 g/mol. The summed E-state index contributed by atoms with van der Waals surface area (Å²) >= 11 is 5.58. The van der Waals surface area contributed by atoms with Gasteiger partial charge in [-0.15, -0.1) is 0 Å². The van der Waals surface area contributed by atoms with Crippen molar-refractivity contribution >= 4 is 23.3 Å². The molecule has 5 nitrogen and oxygen atoms in total. The van der Waals surface area contributed by atoms with Crippen molar-refractivity contribution in [2.75, 3.05) is 12.4 Å². The number of anilines is 1. The molecule has 0 saturated heterocycles. The molecule has 1 heterocycles. The Hall–Kier alpha value is -1.20.